The van der Waals surface area contributed by atoms with Gasteiger partial charge < -0.3 is 14.2 Å². The van der Waals surface area contributed by atoms with Gasteiger partial charge in [-0.1, -0.05) is 108 Å². The molecule has 0 saturated carbocycles. The quantitative estimate of drug-likeness (QED) is 0.0897. The first kappa shape index (κ1) is 30.6. The van der Waals surface area contributed by atoms with Crippen LogP contribution in [0.5, 0.6) is 17.2 Å². The van der Waals surface area contributed by atoms with Crippen LogP contribution in [0.4, 0.5) is 0 Å². The van der Waals surface area contributed by atoms with Crippen molar-refractivity contribution in [3.05, 3.63) is 77.3 Å². The molecule has 0 unspecified atom stereocenters. The number of unbranched alkanes of at least 4 members (excludes halogenated alkanes) is 9. The van der Waals surface area contributed by atoms with Crippen molar-refractivity contribution in [1.29, 1.82) is 0 Å². The molecular weight excluding hydrogens is 508 g/mol. The Morgan fingerprint density at radius 1 is 0.615 bits per heavy atom. The zero-order valence-electron chi connectivity index (χ0n) is 23.6. The summed E-state index contributed by atoms with van der Waals surface area (Å²) in [5.41, 5.74) is 2.50. The average Bonchev–Trinajstić information content (AvgIpc) is 2.96. The molecule has 0 aliphatic carbocycles. The van der Waals surface area contributed by atoms with Crippen LogP contribution < -0.4 is 14.2 Å². The van der Waals surface area contributed by atoms with E-state index in [0.29, 0.717) is 28.7 Å². The van der Waals surface area contributed by atoms with Crippen LogP contribution in [-0.4, -0.2) is 19.2 Å². The molecule has 0 aromatic heterocycles. The molecule has 3 aromatic rings. The molecule has 39 heavy (non-hydrogen) atoms. The van der Waals surface area contributed by atoms with Gasteiger partial charge in [-0.3, -0.25) is 0 Å². The summed E-state index contributed by atoms with van der Waals surface area (Å²) in [6.45, 7) is 5.82. The molecule has 0 radical (unpaired) electrons. The van der Waals surface area contributed by atoms with Gasteiger partial charge in [-0.2, -0.15) is 0 Å². The molecule has 3 aromatic carbocycles. The molecule has 3 rings (SSSR count). The average molecular weight is 551 g/mol. The van der Waals surface area contributed by atoms with Gasteiger partial charge in [-0.05, 0) is 66.4 Å². The molecule has 0 bridgehead atoms. The van der Waals surface area contributed by atoms with Crippen LogP contribution in [0, 0.1) is 0 Å². The van der Waals surface area contributed by atoms with Crippen LogP contribution in [0.25, 0.3) is 11.1 Å². The molecule has 0 aliphatic heterocycles. The lowest BCUT2D eigenvalue weighted by atomic mass is 10.1. The maximum atomic E-state index is 12.7. The molecule has 0 spiro atoms. The van der Waals surface area contributed by atoms with Gasteiger partial charge in [-0.25, -0.2) is 4.79 Å². The van der Waals surface area contributed by atoms with Crippen molar-refractivity contribution in [1.82, 2.24) is 0 Å². The SMILES string of the molecule is CCCCCCCCOc1ccc(C(=O)Oc2ccc(-c3ccc(OCCCCCCC)cc3)cc2)cc1Cl. The van der Waals surface area contributed by atoms with Crippen LogP contribution in [0.15, 0.2) is 66.7 Å². The third kappa shape index (κ3) is 11.0. The van der Waals surface area contributed by atoms with Gasteiger partial charge in [0.05, 0.1) is 23.8 Å². The zero-order chi connectivity index (χ0) is 27.7. The van der Waals surface area contributed by atoms with Crippen molar-refractivity contribution in [3.8, 4) is 28.4 Å². The molecular formula is C34H43ClO4. The lowest BCUT2D eigenvalue weighted by Gasteiger charge is -2.10. The molecule has 0 aliphatic rings. The number of carbonyl (C=O) groups excluding carboxylic acids is 1. The van der Waals surface area contributed by atoms with Gasteiger partial charge in [-0.15, -0.1) is 0 Å². The molecule has 0 amide bonds. The lowest BCUT2D eigenvalue weighted by Crippen LogP contribution is -2.08. The van der Waals surface area contributed by atoms with Crippen LogP contribution in [0.3, 0.4) is 0 Å². The Morgan fingerprint density at radius 3 is 1.69 bits per heavy atom. The number of esters is 1. The summed E-state index contributed by atoms with van der Waals surface area (Å²) < 4.78 is 17.2. The second kappa shape index (κ2) is 17.6. The van der Waals surface area contributed by atoms with Gasteiger partial charge in [0.2, 0.25) is 0 Å². The minimum absolute atomic E-state index is 0.386. The van der Waals surface area contributed by atoms with Crippen LogP contribution in [0.1, 0.15) is 94.8 Å². The van der Waals surface area contributed by atoms with E-state index in [2.05, 4.69) is 13.8 Å². The van der Waals surface area contributed by atoms with Crippen molar-refractivity contribution in [2.75, 3.05) is 13.2 Å². The zero-order valence-corrected chi connectivity index (χ0v) is 24.3. The third-order valence-corrected chi connectivity index (χ3v) is 6.99. The first-order chi connectivity index (χ1) is 19.1. The number of ether oxygens (including phenoxy) is 3. The molecule has 5 heteroatoms. The largest absolute Gasteiger partial charge is 0.494 e. The van der Waals surface area contributed by atoms with E-state index in [1.165, 1.54) is 51.4 Å². The van der Waals surface area contributed by atoms with Gasteiger partial charge in [0.25, 0.3) is 0 Å². The number of halogens is 1. The highest BCUT2D eigenvalue weighted by atomic mass is 35.5. The summed E-state index contributed by atoms with van der Waals surface area (Å²) in [4.78, 5) is 12.7. The molecule has 0 N–H and O–H groups in total. The number of benzene rings is 3. The van der Waals surface area contributed by atoms with E-state index in [-0.39, 0.29) is 0 Å². The number of rotatable bonds is 18. The Morgan fingerprint density at radius 2 is 1.13 bits per heavy atom. The molecule has 0 atom stereocenters. The number of carbonyl (C=O) groups is 1. The Labute approximate surface area is 239 Å². The summed E-state index contributed by atoms with van der Waals surface area (Å²) in [6, 6.07) is 20.6. The smallest absolute Gasteiger partial charge is 0.343 e. The van der Waals surface area contributed by atoms with Gasteiger partial charge >= 0.3 is 5.97 Å². The van der Waals surface area contributed by atoms with Crippen molar-refractivity contribution < 1.29 is 19.0 Å². The summed E-state index contributed by atoms with van der Waals surface area (Å²) in [5, 5.41) is 0.412. The van der Waals surface area contributed by atoms with E-state index in [4.69, 9.17) is 25.8 Å². The molecule has 0 saturated heterocycles. The highest BCUT2D eigenvalue weighted by Crippen LogP contribution is 2.28. The van der Waals surface area contributed by atoms with E-state index in [0.717, 1.165) is 42.7 Å². The second-order valence-electron chi connectivity index (χ2n) is 9.96. The van der Waals surface area contributed by atoms with Gasteiger partial charge in [0, 0.05) is 0 Å². The van der Waals surface area contributed by atoms with Crippen LogP contribution in [-0.2, 0) is 0 Å². The van der Waals surface area contributed by atoms with E-state index < -0.39 is 5.97 Å². The fourth-order valence-electron chi connectivity index (χ4n) is 4.33. The van der Waals surface area contributed by atoms with E-state index >= 15 is 0 Å². The third-order valence-electron chi connectivity index (χ3n) is 6.69. The summed E-state index contributed by atoms with van der Waals surface area (Å²) >= 11 is 6.37. The fourth-order valence-corrected chi connectivity index (χ4v) is 4.57. The Bertz CT molecular complexity index is 1110. The summed E-state index contributed by atoms with van der Waals surface area (Å²) in [6.07, 6.45) is 13.3. The van der Waals surface area contributed by atoms with E-state index in [1.54, 1.807) is 30.3 Å². The first-order valence-corrected chi connectivity index (χ1v) is 15.0. The Hall–Kier alpha value is -2.98. The number of hydrogen-bond donors (Lipinski definition) is 0. The molecule has 4 nitrogen and oxygen atoms in total. The van der Waals surface area contributed by atoms with Gasteiger partial charge in [0.1, 0.15) is 17.2 Å². The predicted octanol–water partition coefficient (Wildman–Crippen LogP) is 10.3. The predicted molar refractivity (Wildman–Crippen MR) is 161 cm³/mol. The minimum atomic E-state index is -0.455. The fraction of sp³-hybridized carbons (Fsp3) is 0.441. The topological polar surface area (TPSA) is 44.8 Å². The maximum Gasteiger partial charge on any atom is 0.343 e. The summed E-state index contributed by atoms with van der Waals surface area (Å²) in [5.74, 6) is 1.50. The van der Waals surface area contributed by atoms with E-state index in [1.807, 2.05) is 36.4 Å². The highest BCUT2D eigenvalue weighted by Gasteiger charge is 2.12. The van der Waals surface area contributed by atoms with Gasteiger partial charge in [0.15, 0.2) is 0 Å². The van der Waals surface area contributed by atoms with Crippen molar-refractivity contribution in [3.63, 3.8) is 0 Å². The van der Waals surface area contributed by atoms with Crippen molar-refractivity contribution in [2.45, 2.75) is 84.5 Å². The minimum Gasteiger partial charge on any atom is -0.494 e. The number of hydrogen-bond acceptors (Lipinski definition) is 4. The van der Waals surface area contributed by atoms with Crippen molar-refractivity contribution >= 4 is 17.6 Å². The highest BCUT2D eigenvalue weighted by molar-refractivity contribution is 6.32. The van der Waals surface area contributed by atoms with Crippen molar-refractivity contribution in [2.24, 2.45) is 0 Å². The van der Waals surface area contributed by atoms with Crippen LogP contribution in [0.2, 0.25) is 5.02 Å². The first-order valence-electron chi connectivity index (χ1n) is 14.6. The molecule has 0 heterocycles. The monoisotopic (exact) mass is 550 g/mol. The normalized spacial score (nSPS) is 10.8. The van der Waals surface area contributed by atoms with E-state index in [9.17, 15) is 4.79 Å². The Balaban J connectivity index is 1.44. The molecule has 0 fully saturated rings. The maximum absolute atomic E-state index is 12.7. The lowest BCUT2D eigenvalue weighted by molar-refractivity contribution is 0.0734. The second-order valence-corrected chi connectivity index (χ2v) is 10.4. The molecule has 210 valence electrons. The summed E-state index contributed by atoms with van der Waals surface area (Å²) in [7, 11) is 0. The Kier molecular flexibility index (Phi) is 13.8. The van der Waals surface area contributed by atoms with Crippen LogP contribution >= 0.6 is 11.6 Å². The standard InChI is InChI=1S/C34H43ClO4/c1-3-5-7-9-11-13-25-38-33-23-18-29(26-32(33)35)34(36)39-31-21-16-28(17-22-31)27-14-19-30(20-15-27)37-24-12-10-8-6-4-2/h14-23,26H,3-13,24-25H2,1-2H3.